The van der Waals surface area contributed by atoms with Crippen molar-refractivity contribution in [3.05, 3.63) is 139 Å². The minimum atomic E-state index is -1.46. The Morgan fingerprint density at radius 3 is 2.23 bits per heavy atom. The van der Waals surface area contributed by atoms with Gasteiger partial charge in [-0.1, -0.05) is 86.9 Å². The van der Waals surface area contributed by atoms with Crippen molar-refractivity contribution in [3.63, 3.8) is 0 Å². The third-order valence-electron chi connectivity index (χ3n) is 7.83. The van der Waals surface area contributed by atoms with Crippen LogP contribution >= 0.6 is 0 Å². The van der Waals surface area contributed by atoms with Gasteiger partial charge in [-0.3, -0.25) is 0 Å². The first-order chi connectivity index (χ1) is 22.4. The van der Waals surface area contributed by atoms with Crippen molar-refractivity contribution in [2.45, 2.75) is 39.4 Å². The molecule has 0 bridgehead atoms. The summed E-state index contributed by atoms with van der Waals surface area (Å²) in [6.07, 6.45) is 3.18. The van der Waals surface area contributed by atoms with E-state index >= 15 is 0 Å². The van der Waals surface area contributed by atoms with Crippen LogP contribution in [0, 0.1) is 23.8 Å². The molecule has 0 unspecified atom stereocenters. The Bertz CT molecular complexity index is 2190. The van der Waals surface area contributed by atoms with Crippen molar-refractivity contribution in [2.75, 3.05) is 0 Å². The maximum absolute atomic E-state index is 14.0. The first kappa shape index (κ1) is 32.6. The van der Waals surface area contributed by atoms with Gasteiger partial charge in [0.05, 0.1) is 19.9 Å². The molecule has 0 fully saturated rings. The molecule has 0 N–H and O–H groups in total. The molecule has 239 valence electrons. The number of fused-ring (bicyclic) bond motifs is 3. The number of pyridine rings is 2. The molecular formula is C40H34F2IrN2OSi-2. The van der Waals surface area contributed by atoms with E-state index in [1.807, 2.05) is 24.3 Å². The van der Waals surface area contributed by atoms with Crippen molar-refractivity contribution in [2.24, 2.45) is 0 Å². The topological polar surface area (TPSA) is 38.9 Å². The Kier molecular flexibility index (Phi) is 9.88. The number of benzene rings is 4. The zero-order valence-electron chi connectivity index (χ0n) is 27.8. The Morgan fingerprint density at radius 2 is 1.53 bits per heavy atom. The zero-order chi connectivity index (χ0) is 33.3. The van der Waals surface area contributed by atoms with Gasteiger partial charge in [0.25, 0.3) is 0 Å². The van der Waals surface area contributed by atoms with Gasteiger partial charge in [-0.2, -0.15) is 0 Å². The van der Waals surface area contributed by atoms with Crippen molar-refractivity contribution in [1.29, 1.82) is 0 Å². The molecule has 0 atom stereocenters. The summed E-state index contributed by atoms with van der Waals surface area (Å²) in [6, 6.07) is 36.7. The first-order valence-electron chi connectivity index (χ1n) is 15.6. The maximum Gasteiger partial charge on any atom is 0.143 e. The SMILES string of the molecule is C[Si](C)(C)c1cnc(-c2[c-]cccc2)cc1-c1ccccc1.[2H]C(C)(C)c1cc(-c2[c-]ccc3c2oc2cc(F)ccc23)ncc1F.[Ir]. The Morgan fingerprint density at radius 1 is 0.787 bits per heavy atom. The molecule has 1 radical (unpaired) electrons. The van der Waals surface area contributed by atoms with Gasteiger partial charge < -0.3 is 14.4 Å². The van der Waals surface area contributed by atoms with Crippen molar-refractivity contribution >= 4 is 35.2 Å². The standard InChI is InChI=1S/C20H14F2NO.C20H20NSi.Ir/c1-11(2)16-9-18(23-10-17(16)22)15-5-3-4-14-13-7-6-12(21)8-19(13)24-20(14)15;1-22(2,3)20-15-21-19(17-12-8-5-9-13-17)14-18(20)16-10-6-4-7-11-16;/h3-4,6-11H,1-2H3;4-12,14-15H,1-3H3;/q2*-1;/i11D;;. The molecule has 0 aliphatic carbocycles. The second-order valence-corrected chi connectivity index (χ2v) is 17.4. The number of rotatable bonds is 5. The summed E-state index contributed by atoms with van der Waals surface area (Å²) in [5, 5.41) is 3.00. The van der Waals surface area contributed by atoms with Gasteiger partial charge in [0.1, 0.15) is 17.2 Å². The third kappa shape index (κ3) is 7.33. The summed E-state index contributed by atoms with van der Waals surface area (Å²) in [4.78, 5) is 8.84. The van der Waals surface area contributed by atoms with Gasteiger partial charge in [0.2, 0.25) is 0 Å². The molecule has 4 aromatic carbocycles. The fraction of sp³-hybridized carbons (Fsp3) is 0.150. The van der Waals surface area contributed by atoms with Crippen LogP contribution < -0.4 is 5.19 Å². The predicted octanol–water partition coefficient (Wildman–Crippen LogP) is 10.6. The van der Waals surface area contributed by atoms with Crippen molar-refractivity contribution in [3.8, 4) is 33.6 Å². The third-order valence-corrected chi connectivity index (χ3v) is 9.84. The monoisotopic (exact) mass is 818 g/mol. The number of hydrogen-bond donors (Lipinski definition) is 0. The van der Waals surface area contributed by atoms with E-state index in [1.165, 1.54) is 28.4 Å². The van der Waals surface area contributed by atoms with E-state index in [2.05, 4.69) is 85.4 Å². The van der Waals surface area contributed by atoms with Crippen LogP contribution in [0.1, 0.15) is 26.7 Å². The Balaban J connectivity index is 0.000000186. The van der Waals surface area contributed by atoms with E-state index < -0.39 is 19.8 Å². The zero-order valence-corrected chi connectivity index (χ0v) is 30.2. The van der Waals surface area contributed by atoms with Crippen LogP contribution in [0.3, 0.4) is 0 Å². The predicted molar refractivity (Wildman–Crippen MR) is 187 cm³/mol. The van der Waals surface area contributed by atoms with Crippen LogP contribution in [0.2, 0.25) is 19.6 Å². The van der Waals surface area contributed by atoms with Crippen molar-refractivity contribution in [1.82, 2.24) is 9.97 Å². The molecular weight excluding hydrogens is 783 g/mol. The fourth-order valence-corrected chi connectivity index (χ4v) is 6.95. The number of hydrogen-bond acceptors (Lipinski definition) is 3. The molecule has 7 rings (SSSR count). The number of nitrogens with zero attached hydrogens (tertiary/aromatic N) is 2. The Hall–Kier alpha value is -4.29. The molecule has 3 aromatic heterocycles. The summed E-state index contributed by atoms with van der Waals surface area (Å²) in [5.74, 6) is -2.01. The van der Waals surface area contributed by atoms with Crippen LogP contribution in [-0.2, 0) is 20.1 Å². The first-order valence-corrected chi connectivity index (χ1v) is 18.6. The second kappa shape index (κ2) is 14.2. The van der Waals surface area contributed by atoms with Gasteiger partial charge >= 0.3 is 0 Å². The van der Waals surface area contributed by atoms with E-state index in [0.717, 1.165) is 28.2 Å². The summed E-state index contributed by atoms with van der Waals surface area (Å²) >= 11 is 0. The average Bonchev–Trinajstić information content (AvgIpc) is 3.43. The van der Waals surface area contributed by atoms with E-state index in [4.69, 9.17) is 10.8 Å². The summed E-state index contributed by atoms with van der Waals surface area (Å²) in [5.41, 5.74) is 6.80. The summed E-state index contributed by atoms with van der Waals surface area (Å²) in [6.45, 7) is 10.3. The molecule has 47 heavy (non-hydrogen) atoms. The molecule has 0 amide bonds. The molecule has 0 aliphatic rings. The van der Waals surface area contributed by atoms with Crippen LogP contribution in [0.4, 0.5) is 8.78 Å². The number of halogens is 2. The van der Waals surface area contributed by atoms with Crippen LogP contribution in [0.15, 0.2) is 114 Å². The smallest absolute Gasteiger partial charge is 0.143 e. The van der Waals surface area contributed by atoms with Crippen molar-refractivity contribution < 1.29 is 34.7 Å². The van der Waals surface area contributed by atoms with Gasteiger partial charge in [0, 0.05) is 39.1 Å². The van der Waals surface area contributed by atoms with Gasteiger partial charge in [-0.15, -0.1) is 54.1 Å². The number of aromatic nitrogens is 2. The normalized spacial score (nSPS) is 11.9. The average molecular weight is 818 g/mol. The second-order valence-electron chi connectivity index (χ2n) is 12.4. The quantitative estimate of drug-likeness (QED) is 0.128. The molecule has 3 heterocycles. The molecule has 3 nitrogen and oxygen atoms in total. The van der Waals surface area contributed by atoms with E-state index in [0.29, 0.717) is 22.4 Å². The van der Waals surface area contributed by atoms with E-state index in [-0.39, 0.29) is 31.5 Å². The molecule has 7 heteroatoms. The molecule has 0 aliphatic heterocycles. The molecule has 0 saturated carbocycles. The maximum atomic E-state index is 14.0. The van der Waals surface area contributed by atoms with Gasteiger partial charge in [-0.05, 0) is 51.3 Å². The van der Waals surface area contributed by atoms with Gasteiger partial charge in [-0.25, -0.2) is 8.78 Å². The van der Waals surface area contributed by atoms with Crippen LogP contribution in [-0.4, -0.2) is 18.0 Å². The minimum absolute atomic E-state index is 0. The molecule has 0 saturated heterocycles. The van der Waals surface area contributed by atoms with E-state index in [1.54, 1.807) is 32.0 Å². The summed E-state index contributed by atoms with van der Waals surface area (Å²) in [7, 11) is -1.46. The number of furan rings is 1. The van der Waals surface area contributed by atoms with Gasteiger partial charge in [0.15, 0.2) is 0 Å². The molecule has 0 spiro atoms. The summed E-state index contributed by atoms with van der Waals surface area (Å²) < 4.78 is 41.5. The fourth-order valence-electron chi connectivity index (χ4n) is 5.47. The Labute approximate surface area is 290 Å². The minimum Gasteiger partial charge on any atom is -0.500 e. The van der Waals surface area contributed by atoms with Crippen LogP contribution in [0.5, 0.6) is 0 Å². The van der Waals surface area contributed by atoms with Crippen LogP contribution in [0.25, 0.3) is 55.6 Å². The largest absolute Gasteiger partial charge is 0.500 e. The molecule has 7 aromatic rings. The van der Waals surface area contributed by atoms with E-state index in [9.17, 15) is 8.78 Å².